The van der Waals surface area contributed by atoms with Gasteiger partial charge < -0.3 is 14.7 Å². The van der Waals surface area contributed by atoms with Crippen LogP contribution in [0.25, 0.3) is 0 Å². The second-order valence-electron chi connectivity index (χ2n) is 4.90. The molecule has 0 aromatic heterocycles. The number of amides is 1. The zero-order valence-electron chi connectivity index (χ0n) is 12.2. The number of halogens is 1. The van der Waals surface area contributed by atoms with E-state index in [4.69, 9.17) is 9.84 Å². The molecule has 0 aliphatic rings. The lowest BCUT2D eigenvalue weighted by atomic mass is 10.1. The van der Waals surface area contributed by atoms with E-state index in [0.717, 1.165) is 10.2 Å². The van der Waals surface area contributed by atoms with Gasteiger partial charge in [-0.3, -0.25) is 9.59 Å². The van der Waals surface area contributed by atoms with Crippen molar-refractivity contribution in [3.05, 3.63) is 28.7 Å². The number of aliphatic carboxylic acids is 1. The Balaban J connectivity index is 2.27. The van der Waals surface area contributed by atoms with E-state index >= 15 is 0 Å². The zero-order chi connectivity index (χ0) is 15.8. The minimum atomic E-state index is -0.896. The summed E-state index contributed by atoms with van der Waals surface area (Å²) >= 11 is 3.39. The van der Waals surface area contributed by atoms with Gasteiger partial charge in [0.15, 0.2) is 0 Å². The number of hydrogen-bond acceptors (Lipinski definition) is 3. The van der Waals surface area contributed by atoms with Crippen LogP contribution in [0.4, 0.5) is 0 Å². The van der Waals surface area contributed by atoms with Crippen LogP contribution in [0.2, 0.25) is 0 Å². The van der Waals surface area contributed by atoms with Crippen molar-refractivity contribution >= 4 is 27.8 Å². The van der Waals surface area contributed by atoms with Crippen molar-refractivity contribution in [3.8, 4) is 5.75 Å². The molecule has 0 aliphatic heterocycles. The molecule has 1 atom stereocenters. The van der Waals surface area contributed by atoms with Gasteiger partial charge in [-0.05, 0) is 34.5 Å². The van der Waals surface area contributed by atoms with E-state index in [9.17, 15) is 9.59 Å². The summed E-state index contributed by atoms with van der Waals surface area (Å²) in [5.41, 5.74) is 0. The monoisotopic (exact) mass is 357 g/mol. The van der Waals surface area contributed by atoms with Gasteiger partial charge in [-0.15, -0.1) is 0 Å². The van der Waals surface area contributed by atoms with E-state index in [1.165, 1.54) is 4.90 Å². The van der Waals surface area contributed by atoms with E-state index in [1.807, 2.05) is 24.3 Å². The maximum Gasteiger partial charge on any atom is 0.308 e. The quantitative estimate of drug-likeness (QED) is 0.726. The molecule has 5 nitrogen and oxygen atoms in total. The Morgan fingerprint density at radius 1 is 1.38 bits per heavy atom. The van der Waals surface area contributed by atoms with Crippen LogP contribution in [0, 0.1) is 5.92 Å². The van der Waals surface area contributed by atoms with Crippen LogP contribution in [0.5, 0.6) is 5.75 Å². The molecule has 0 bridgehead atoms. The fourth-order valence-electron chi connectivity index (χ4n) is 1.75. The first kappa shape index (κ1) is 17.5. The molecule has 0 fully saturated rings. The highest BCUT2D eigenvalue weighted by Gasteiger charge is 2.16. The van der Waals surface area contributed by atoms with Crippen molar-refractivity contribution in [1.82, 2.24) is 4.90 Å². The van der Waals surface area contributed by atoms with Crippen molar-refractivity contribution < 1.29 is 19.4 Å². The second kappa shape index (κ2) is 8.67. The molecule has 0 radical (unpaired) electrons. The van der Waals surface area contributed by atoms with Crippen LogP contribution < -0.4 is 4.74 Å². The normalized spacial score (nSPS) is 11.8. The predicted molar refractivity (Wildman–Crippen MR) is 83.3 cm³/mol. The van der Waals surface area contributed by atoms with E-state index in [0.29, 0.717) is 19.4 Å². The third kappa shape index (κ3) is 6.16. The van der Waals surface area contributed by atoms with E-state index in [1.54, 1.807) is 14.0 Å². The van der Waals surface area contributed by atoms with Crippen LogP contribution in [-0.4, -0.2) is 42.1 Å². The Bertz CT molecular complexity index is 492. The molecule has 21 heavy (non-hydrogen) atoms. The van der Waals surface area contributed by atoms with Gasteiger partial charge in [0.2, 0.25) is 5.91 Å². The Morgan fingerprint density at radius 2 is 2.05 bits per heavy atom. The summed E-state index contributed by atoms with van der Waals surface area (Å²) < 4.78 is 6.45. The van der Waals surface area contributed by atoms with Gasteiger partial charge in [0.25, 0.3) is 0 Å². The zero-order valence-corrected chi connectivity index (χ0v) is 13.8. The van der Waals surface area contributed by atoms with Crippen LogP contribution in [0.15, 0.2) is 28.7 Å². The van der Waals surface area contributed by atoms with Crippen molar-refractivity contribution in [3.63, 3.8) is 0 Å². The molecular formula is C15H20BrNO4. The molecule has 1 unspecified atom stereocenters. The molecular weight excluding hydrogens is 338 g/mol. The highest BCUT2D eigenvalue weighted by atomic mass is 79.9. The van der Waals surface area contributed by atoms with Crippen molar-refractivity contribution in [2.45, 2.75) is 19.8 Å². The van der Waals surface area contributed by atoms with Crippen LogP contribution in [-0.2, 0) is 9.59 Å². The fraction of sp³-hybridized carbons (Fsp3) is 0.467. The molecule has 1 aromatic carbocycles. The molecule has 0 spiro atoms. The number of para-hydroxylation sites is 1. The van der Waals surface area contributed by atoms with E-state index < -0.39 is 11.9 Å². The first-order valence-corrected chi connectivity index (χ1v) is 7.55. The molecule has 6 heteroatoms. The summed E-state index contributed by atoms with van der Waals surface area (Å²) in [4.78, 5) is 24.0. The summed E-state index contributed by atoms with van der Waals surface area (Å²) in [6, 6.07) is 7.53. The van der Waals surface area contributed by atoms with Gasteiger partial charge in [0, 0.05) is 20.0 Å². The Morgan fingerprint density at radius 3 is 2.67 bits per heavy atom. The highest BCUT2D eigenvalue weighted by Crippen LogP contribution is 2.23. The second-order valence-corrected chi connectivity index (χ2v) is 5.75. The van der Waals surface area contributed by atoms with E-state index in [-0.39, 0.29) is 12.5 Å². The van der Waals surface area contributed by atoms with Crippen LogP contribution in [0.1, 0.15) is 19.8 Å². The molecule has 1 amide bonds. The number of carbonyl (C=O) groups excluding carboxylic acids is 1. The SMILES string of the molecule is CC(CN(C)C(=O)CCCOc1ccccc1Br)C(=O)O. The van der Waals surface area contributed by atoms with Crippen molar-refractivity contribution in [2.75, 3.05) is 20.2 Å². The first-order valence-electron chi connectivity index (χ1n) is 6.76. The first-order chi connectivity index (χ1) is 9.91. The molecule has 0 heterocycles. The molecule has 1 aromatic rings. The highest BCUT2D eigenvalue weighted by molar-refractivity contribution is 9.10. The van der Waals surface area contributed by atoms with Crippen molar-refractivity contribution in [2.24, 2.45) is 5.92 Å². The molecule has 116 valence electrons. The standard InChI is InChI=1S/C15H20BrNO4/c1-11(15(19)20)10-17(2)14(18)8-5-9-21-13-7-4-3-6-12(13)16/h3-4,6-7,11H,5,8-10H2,1-2H3,(H,19,20). The minimum Gasteiger partial charge on any atom is -0.492 e. The lowest BCUT2D eigenvalue weighted by molar-refractivity contribution is -0.142. The minimum absolute atomic E-state index is 0.0705. The number of ether oxygens (including phenoxy) is 1. The van der Waals surface area contributed by atoms with Crippen molar-refractivity contribution in [1.29, 1.82) is 0 Å². The molecule has 1 N–H and O–H groups in total. The number of carboxylic acid groups (broad SMARTS) is 1. The van der Waals surface area contributed by atoms with Gasteiger partial charge >= 0.3 is 5.97 Å². The largest absolute Gasteiger partial charge is 0.492 e. The number of carbonyl (C=O) groups is 2. The Hall–Kier alpha value is -1.56. The average Bonchev–Trinajstić information content (AvgIpc) is 2.44. The summed E-state index contributed by atoms with van der Waals surface area (Å²) in [7, 11) is 1.62. The topological polar surface area (TPSA) is 66.8 Å². The van der Waals surface area contributed by atoms with Gasteiger partial charge in [-0.25, -0.2) is 0 Å². The van der Waals surface area contributed by atoms with Gasteiger partial charge in [-0.2, -0.15) is 0 Å². The lowest BCUT2D eigenvalue weighted by Crippen LogP contribution is -2.33. The summed E-state index contributed by atoms with van der Waals surface area (Å²) in [6.07, 6.45) is 0.930. The maximum atomic E-state index is 11.8. The average molecular weight is 358 g/mol. The van der Waals surface area contributed by atoms with Gasteiger partial charge in [0.05, 0.1) is 17.0 Å². The van der Waals surface area contributed by atoms with Crippen LogP contribution in [0.3, 0.4) is 0 Å². The summed E-state index contributed by atoms with van der Waals surface area (Å²) in [5, 5.41) is 8.82. The van der Waals surface area contributed by atoms with Gasteiger partial charge in [-0.1, -0.05) is 19.1 Å². The number of carboxylic acids is 1. The molecule has 0 aliphatic carbocycles. The Kier molecular flexibility index (Phi) is 7.22. The third-order valence-electron chi connectivity index (χ3n) is 3.02. The molecule has 1 rings (SSSR count). The fourth-order valence-corrected chi connectivity index (χ4v) is 2.15. The van der Waals surface area contributed by atoms with Crippen LogP contribution >= 0.6 is 15.9 Å². The Labute approximate surface area is 133 Å². The molecule has 0 saturated carbocycles. The van der Waals surface area contributed by atoms with Gasteiger partial charge in [0.1, 0.15) is 5.75 Å². The number of hydrogen-bond donors (Lipinski definition) is 1. The number of rotatable bonds is 8. The van der Waals surface area contributed by atoms with E-state index in [2.05, 4.69) is 15.9 Å². The predicted octanol–water partition coefficient (Wildman–Crippen LogP) is 2.79. The number of nitrogens with zero attached hydrogens (tertiary/aromatic N) is 1. The lowest BCUT2D eigenvalue weighted by Gasteiger charge is -2.19. The molecule has 0 saturated heterocycles. The summed E-state index contributed by atoms with van der Waals surface area (Å²) in [5.74, 6) is -0.779. The maximum absolute atomic E-state index is 11.8. The summed E-state index contributed by atoms with van der Waals surface area (Å²) in [6.45, 7) is 2.25. The number of benzene rings is 1. The third-order valence-corrected chi connectivity index (χ3v) is 3.68. The smallest absolute Gasteiger partial charge is 0.308 e.